The molecule has 3 aromatic carbocycles. The van der Waals surface area contributed by atoms with Gasteiger partial charge in [-0.05, 0) is 67.4 Å². The number of halogens is 3. The van der Waals surface area contributed by atoms with E-state index in [1.807, 2.05) is 48.7 Å². The van der Waals surface area contributed by atoms with Crippen LogP contribution in [0.15, 0.2) is 76.4 Å². The van der Waals surface area contributed by atoms with Crippen LogP contribution in [-0.2, 0) is 5.75 Å². The summed E-state index contributed by atoms with van der Waals surface area (Å²) in [6.07, 6.45) is 0. The van der Waals surface area contributed by atoms with E-state index in [1.54, 1.807) is 24.3 Å². The van der Waals surface area contributed by atoms with E-state index in [0.717, 1.165) is 21.3 Å². The fourth-order valence-corrected chi connectivity index (χ4v) is 4.88. The SMILES string of the molecule is Cc1ccc(Cl)cc1-n1c(SCc2ccc(F)cc2)nnc1C(C)NC(=O)c1cccc(Br)c1. The molecule has 0 saturated heterocycles. The van der Waals surface area contributed by atoms with Crippen molar-refractivity contribution in [3.8, 4) is 5.69 Å². The predicted molar refractivity (Wildman–Crippen MR) is 137 cm³/mol. The minimum Gasteiger partial charge on any atom is -0.342 e. The molecule has 0 saturated carbocycles. The average molecular weight is 560 g/mol. The molecule has 0 aliphatic heterocycles. The number of amides is 1. The number of carbonyl (C=O) groups is 1. The minimum atomic E-state index is -0.433. The highest BCUT2D eigenvalue weighted by molar-refractivity contribution is 9.10. The third-order valence-electron chi connectivity index (χ3n) is 5.17. The van der Waals surface area contributed by atoms with E-state index in [9.17, 15) is 9.18 Å². The monoisotopic (exact) mass is 558 g/mol. The molecule has 1 atom stereocenters. The summed E-state index contributed by atoms with van der Waals surface area (Å²) in [7, 11) is 0. The molecule has 0 aliphatic carbocycles. The predicted octanol–water partition coefficient (Wildman–Crippen LogP) is 6.91. The number of aryl methyl sites for hydroxylation is 1. The van der Waals surface area contributed by atoms with Crippen molar-refractivity contribution in [1.29, 1.82) is 0 Å². The Morgan fingerprint density at radius 3 is 2.65 bits per heavy atom. The van der Waals surface area contributed by atoms with Gasteiger partial charge < -0.3 is 5.32 Å². The Balaban J connectivity index is 1.66. The lowest BCUT2D eigenvalue weighted by atomic mass is 10.1. The Bertz CT molecular complexity index is 1330. The minimum absolute atomic E-state index is 0.216. The van der Waals surface area contributed by atoms with Crippen LogP contribution in [0.25, 0.3) is 5.69 Å². The first-order valence-electron chi connectivity index (χ1n) is 10.5. The molecule has 174 valence electrons. The Kier molecular flexibility index (Phi) is 7.70. The second-order valence-corrected chi connectivity index (χ2v) is 10.0. The van der Waals surface area contributed by atoms with Crippen molar-refractivity contribution in [2.45, 2.75) is 30.8 Å². The lowest BCUT2D eigenvalue weighted by Gasteiger charge is -2.18. The van der Waals surface area contributed by atoms with Gasteiger partial charge in [0.25, 0.3) is 5.91 Å². The zero-order valence-electron chi connectivity index (χ0n) is 18.4. The summed E-state index contributed by atoms with van der Waals surface area (Å²) in [6.45, 7) is 3.85. The molecule has 0 fully saturated rings. The first kappa shape index (κ1) is 24.4. The van der Waals surface area contributed by atoms with Crippen LogP contribution in [-0.4, -0.2) is 20.7 Å². The largest absolute Gasteiger partial charge is 0.342 e. The highest BCUT2D eigenvalue weighted by Crippen LogP contribution is 2.30. The van der Waals surface area contributed by atoms with Crippen LogP contribution < -0.4 is 5.32 Å². The van der Waals surface area contributed by atoms with Crippen molar-refractivity contribution in [2.24, 2.45) is 0 Å². The van der Waals surface area contributed by atoms with Crippen molar-refractivity contribution in [1.82, 2.24) is 20.1 Å². The molecular formula is C25H21BrClFN4OS. The van der Waals surface area contributed by atoms with Gasteiger partial charge in [-0.15, -0.1) is 10.2 Å². The van der Waals surface area contributed by atoms with Crippen molar-refractivity contribution in [2.75, 3.05) is 0 Å². The maximum Gasteiger partial charge on any atom is 0.251 e. The van der Waals surface area contributed by atoms with E-state index in [2.05, 4.69) is 31.4 Å². The molecule has 1 heterocycles. The Morgan fingerprint density at radius 2 is 1.91 bits per heavy atom. The van der Waals surface area contributed by atoms with E-state index in [0.29, 0.717) is 27.3 Å². The number of thioether (sulfide) groups is 1. The number of hydrogen-bond acceptors (Lipinski definition) is 4. The van der Waals surface area contributed by atoms with Crippen LogP contribution in [0.4, 0.5) is 4.39 Å². The number of carbonyl (C=O) groups excluding carboxylic acids is 1. The standard InChI is InChI=1S/C25H21BrClFN4OS/c1-15-6-9-20(27)13-22(15)32-23(16(2)29-24(33)18-4-3-5-19(26)12-18)30-31-25(32)34-14-17-7-10-21(28)11-8-17/h3-13,16H,14H2,1-2H3,(H,29,33). The van der Waals surface area contributed by atoms with Gasteiger partial charge in [-0.2, -0.15) is 0 Å². The Hall–Kier alpha value is -2.68. The number of rotatable bonds is 7. The third kappa shape index (κ3) is 5.68. The van der Waals surface area contributed by atoms with Gasteiger partial charge in [0.05, 0.1) is 11.7 Å². The lowest BCUT2D eigenvalue weighted by Crippen LogP contribution is -2.28. The number of aromatic nitrogens is 3. The van der Waals surface area contributed by atoms with Crippen LogP contribution in [0, 0.1) is 12.7 Å². The molecule has 5 nitrogen and oxygen atoms in total. The zero-order valence-corrected chi connectivity index (χ0v) is 21.6. The lowest BCUT2D eigenvalue weighted by molar-refractivity contribution is 0.0938. The summed E-state index contributed by atoms with van der Waals surface area (Å²) in [4.78, 5) is 12.8. The molecule has 1 amide bonds. The number of nitrogens with one attached hydrogen (secondary N) is 1. The van der Waals surface area contributed by atoms with Crippen LogP contribution in [0.1, 0.15) is 40.3 Å². The summed E-state index contributed by atoms with van der Waals surface area (Å²) in [5.41, 5.74) is 3.32. The molecule has 9 heteroatoms. The summed E-state index contributed by atoms with van der Waals surface area (Å²) in [6, 6.07) is 18.7. The molecule has 1 N–H and O–H groups in total. The van der Waals surface area contributed by atoms with Gasteiger partial charge >= 0.3 is 0 Å². The Morgan fingerprint density at radius 1 is 1.15 bits per heavy atom. The Labute approximate surface area is 214 Å². The van der Waals surface area contributed by atoms with Crippen LogP contribution in [0.2, 0.25) is 5.02 Å². The van der Waals surface area contributed by atoms with E-state index >= 15 is 0 Å². The third-order valence-corrected chi connectivity index (χ3v) is 6.90. The molecule has 34 heavy (non-hydrogen) atoms. The average Bonchev–Trinajstić information content (AvgIpc) is 3.24. The maximum atomic E-state index is 13.3. The summed E-state index contributed by atoms with van der Waals surface area (Å²) in [5.74, 6) is 0.669. The second-order valence-electron chi connectivity index (χ2n) is 7.73. The van der Waals surface area contributed by atoms with E-state index in [4.69, 9.17) is 11.6 Å². The van der Waals surface area contributed by atoms with E-state index in [-0.39, 0.29) is 11.7 Å². The maximum absolute atomic E-state index is 13.3. The number of hydrogen-bond donors (Lipinski definition) is 1. The van der Waals surface area contributed by atoms with Gasteiger partial charge in [-0.3, -0.25) is 9.36 Å². The van der Waals surface area contributed by atoms with Crippen LogP contribution in [0.3, 0.4) is 0 Å². The summed E-state index contributed by atoms with van der Waals surface area (Å²) < 4.78 is 16.0. The highest BCUT2D eigenvalue weighted by atomic mass is 79.9. The molecule has 0 spiro atoms. The van der Waals surface area contributed by atoms with Crippen molar-refractivity contribution in [3.05, 3.63) is 105 Å². The quantitative estimate of drug-likeness (QED) is 0.250. The molecule has 0 bridgehead atoms. The van der Waals surface area contributed by atoms with Crippen molar-refractivity contribution >= 4 is 45.2 Å². The normalized spacial score (nSPS) is 11.9. The van der Waals surface area contributed by atoms with Gasteiger partial charge in [0, 0.05) is 20.8 Å². The van der Waals surface area contributed by atoms with Crippen molar-refractivity contribution < 1.29 is 9.18 Å². The van der Waals surface area contributed by atoms with E-state index in [1.165, 1.54) is 23.9 Å². The van der Waals surface area contributed by atoms with Gasteiger partial charge in [-0.1, -0.05) is 63.6 Å². The smallest absolute Gasteiger partial charge is 0.251 e. The van der Waals surface area contributed by atoms with Crippen LogP contribution >= 0.6 is 39.3 Å². The van der Waals surface area contributed by atoms with Gasteiger partial charge in [-0.25, -0.2) is 4.39 Å². The first-order chi connectivity index (χ1) is 16.3. The molecule has 4 aromatic rings. The number of benzene rings is 3. The van der Waals surface area contributed by atoms with Gasteiger partial charge in [0.15, 0.2) is 11.0 Å². The van der Waals surface area contributed by atoms with Crippen molar-refractivity contribution in [3.63, 3.8) is 0 Å². The second kappa shape index (κ2) is 10.7. The topological polar surface area (TPSA) is 59.8 Å². The van der Waals surface area contributed by atoms with Gasteiger partial charge in [0.1, 0.15) is 5.82 Å². The fourth-order valence-electron chi connectivity index (χ4n) is 3.41. The zero-order chi connectivity index (χ0) is 24.2. The molecule has 4 rings (SSSR count). The first-order valence-corrected chi connectivity index (χ1v) is 12.6. The summed E-state index contributed by atoms with van der Waals surface area (Å²) >= 11 is 11.2. The van der Waals surface area contributed by atoms with E-state index < -0.39 is 6.04 Å². The highest BCUT2D eigenvalue weighted by Gasteiger charge is 2.23. The molecule has 0 aliphatic rings. The number of nitrogens with zero attached hydrogens (tertiary/aromatic N) is 3. The van der Waals surface area contributed by atoms with Crippen LogP contribution in [0.5, 0.6) is 0 Å². The molecule has 0 radical (unpaired) electrons. The molecule has 1 aromatic heterocycles. The fraction of sp³-hybridized carbons (Fsp3) is 0.160. The summed E-state index contributed by atoms with van der Waals surface area (Å²) in [5, 5.41) is 13.1. The molecule has 1 unspecified atom stereocenters. The molecular weight excluding hydrogens is 539 g/mol. The van der Waals surface area contributed by atoms with Gasteiger partial charge in [0.2, 0.25) is 0 Å².